The number of carbonyl (C=O) groups excluding carboxylic acids is 2. The van der Waals surface area contributed by atoms with E-state index in [2.05, 4.69) is 5.32 Å². The van der Waals surface area contributed by atoms with E-state index >= 15 is 0 Å². The summed E-state index contributed by atoms with van der Waals surface area (Å²) < 4.78 is 16.3. The first kappa shape index (κ1) is 20.6. The summed E-state index contributed by atoms with van der Waals surface area (Å²) in [4.78, 5) is 24.5. The predicted molar refractivity (Wildman–Crippen MR) is 110 cm³/mol. The Morgan fingerprint density at radius 1 is 1.07 bits per heavy atom. The van der Waals surface area contributed by atoms with Crippen LogP contribution in [0.2, 0.25) is 0 Å². The number of furan rings is 1. The SMILES string of the molecule is CCOCc1c(C(=O)OCC(=O)NCCc2ccccc2C)oc2ccccc12. The molecule has 0 aliphatic heterocycles. The Bertz CT molecular complexity index is 992. The van der Waals surface area contributed by atoms with Crippen molar-refractivity contribution in [3.05, 3.63) is 71.0 Å². The number of aryl methyl sites for hydroxylation is 1. The molecule has 6 heteroatoms. The monoisotopic (exact) mass is 395 g/mol. The number of nitrogens with one attached hydrogen (secondary N) is 1. The molecule has 0 saturated carbocycles. The Kier molecular flexibility index (Phi) is 7.03. The summed E-state index contributed by atoms with van der Waals surface area (Å²) in [6.45, 7) is 4.77. The van der Waals surface area contributed by atoms with Gasteiger partial charge >= 0.3 is 5.97 Å². The highest BCUT2D eigenvalue weighted by atomic mass is 16.5. The lowest BCUT2D eigenvalue weighted by Crippen LogP contribution is -2.30. The molecule has 1 aromatic heterocycles. The highest BCUT2D eigenvalue weighted by Gasteiger charge is 2.22. The Labute approximate surface area is 169 Å². The van der Waals surface area contributed by atoms with Crippen molar-refractivity contribution in [3.8, 4) is 0 Å². The van der Waals surface area contributed by atoms with Crippen molar-refractivity contribution in [2.24, 2.45) is 0 Å². The van der Waals surface area contributed by atoms with E-state index in [1.165, 1.54) is 11.1 Å². The topological polar surface area (TPSA) is 77.8 Å². The maximum Gasteiger partial charge on any atom is 0.375 e. The van der Waals surface area contributed by atoms with Crippen molar-refractivity contribution >= 4 is 22.8 Å². The summed E-state index contributed by atoms with van der Waals surface area (Å²) in [5, 5.41) is 3.57. The fourth-order valence-electron chi connectivity index (χ4n) is 3.09. The van der Waals surface area contributed by atoms with Gasteiger partial charge in [-0.15, -0.1) is 0 Å². The molecule has 0 unspecified atom stereocenters. The van der Waals surface area contributed by atoms with Gasteiger partial charge in [0, 0.05) is 24.1 Å². The van der Waals surface area contributed by atoms with Gasteiger partial charge in [-0.3, -0.25) is 4.79 Å². The van der Waals surface area contributed by atoms with Gasteiger partial charge in [0.05, 0.1) is 6.61 Å². The number of rotatable bonds is 9. The third-order valence-electron chi connectivity index (χ3n) is 4.65. The minimum Gasteiger partial charge on any atom is -0.450 e. The molecular formula is C23H25NO5. The molecule has 6 nitrogen and oxygen atoms in total. The van der Waals surface area contributed by atoms with Gasteiger partial charge in [0.1, 0.15) is 5.58 Å². The van der Waals surface area contributed by atoms with E-state index in [-0.39, 0.29) is 24.9 Å². The number of amides is 1. The van der Waals surface area contributed by atoms with E-state index in [0.29, 0.717) is 30.7 Å². The van der Waals surface area contributed by atoms with Gasteiger partial charge in [-0.2, -0.15) is 0 Å². The lowest BCUT2D eigenvalue weighted by atomic mass is 10.1. The van der Waals surface area contributed by atoms with Crippen LogP contribution in [0.15, 0.2) is 52.9 Å². The first-order chi connectivity index (χ1) is 14.1. The van der Waals surface area contributed by atoms with Gasteiger partial charge < -0.3 is 19.2 Å². The molecule has 0 spiro atoms. The second-order valence-corrected chi connectivity index (χ2v) is 6.65. The number of ether oxygens (including phenoxy) is 2. The molecule has 29 heavy (non-hydrogen) atoms. The second kappa shape index (κ2) is 9.89. The minimum absolute atomic E-state index is 0.0763. The lowest BCUT2D eigenvalue weighted by molar-refractivity contribution is -0.124. The first-order valence-electron chi connectivity index (χ1n) is 9.66. The molecule has 3 rings (SSSR count). The fourth-order valence-corrected chi connectivity index (χ4v) is 3.09. The van der Waals surface area contributed by atoms with Gasteiger partial charge in [-0.1, -0.05) is 42.5 Å². The van der Waals surface area contributed by atoms with E-state index < -0.39 is 5.97 Å². The summed E-state index contributed by atoms with van der Waals surface area (Å²) in [5.74, 6) is -0.952. The van der Waals surface area contributed by atoms with Crippen LogP contribution in [-0.4, -0.2) is 31.6 Å². The summed E-state index contributed by atoms with van der Waals surface area (Å²) >= 11 is 0. The van der Waals surface area contributed by atoms with E-state index in [0.717, 1.165) is 5.39 Å². The zero-order valence-corrected chi connectivity index (χ0v) is 16.7. The molecule has 0 saturated heterocycles. The molecular weight excluding hydrogens is 370 g/mol. The van der Waals surface area contributed by atoms with Gasteiger partial charge in [0.2, 0.25) is 5.76 Å². The highest BCUT2D eigenvalue weighted by molar-refractivity contribution is 5.96. The summed E-state index contributed by atoms with van der Waals surface area (Å²) in [6.07, 6.45) is 0.717. The number of hydrogen-bond donors (Lipinski definition) is 1. The number of benzene rings is 2. The van der Waals surface area contributed by atoms with Gasteiger partial charge in [-0.05, 0) is 37.5 Å². The molecule has 2 aromatic carbocycles. The molecule has 1 amide bonds. The largest absolute Gasteiger partial charge is 0.450 e. The smallest absolute Gasteiger partial charge is 0.375 e. The van der Waals surface area contributed by atoms with E-state index in [4.69, 9.17) is 13.9 Å². The maximum atomic E-state index is 12.5. The normalized spacial score (nSPS) is 10.8. The number of para-hydroxylation sites is 1. The predicted octanol–water partition coefficient (Wildman–Crippen LogP) is 3.79. The Hall–Kier alpha value is -3.12. The van der Waals surface area contributed by atoms with Crippen LogP contribution in [0, 0.1) is 6.92 Å². The third kappa shape index (κ3) is 5.23. The average Bonchev–Trinajstić information content (AvgIpc) is 3.10. The van der Waals surface area contributed by atoms with Crippen molar-refractivity contribution in [1.29, 1.82) is 0 Å². The molecule has 152 valence electrons. The van der Waals surface area contributed by atoms with Gasteiger partial charge in [0.15, 0.2) is 6.61 Å². The van der Waals surface area contributed by atoms with Crippen molar-refractivity contribution in [2.75, 3.05) is 19.8 Å². The summed E-state index contributed by atoms with van der Waals surface area (Å²) in [5.41, 5.74) is 3.57. The van der Waals surface area contributed by atoms with E-state index in [1.54, 1.807) is 6.07 Å². The Morgan fingerprint density at radius 3 is 2.62 bits per heavy atom. The number of fused-ring (bicyclic) bond motifs is 1. The second-order valence-electron chi connectivity index (χ2n) is 6.65. The average molecular weight is 395 g/mol. The Morgan fingerprint density at radius 2 is 1.83 bits per heavy atom. The van der Waals surface area contributed by atoms with E-state index in [1.807, 2.05) is 56.3 Å². The van der Waals surface area contributed by atoms with Crippen LogP contribution in [0.25, 0.3) is 11.0 Å². The summed E-state index contributed by atoms with van der Waals surface area (Å²) in [7, 11) is 0. The van der Waals surface area contributed by atoms with Crippen LogP contribution in [0.4, 0.5) is 0 Å². The standard InChI is InChI=1S/C23H25NO5/c1-3-27-14-19-18-10-6-7-11-20(18)29-22(19)23(26)28-15-21(25)24-13-12-17-9-5-4-8-16(17)2/h4-11H,3,12-15H2,1-2H3,(H,24,25). The molecule has 0 fully saturated rings. The quantitative estimate of drug-likeness (QED) is 0.558. The fraction of sp³-hybridized carbons (Fsp3) is 0.304. The highest BCUT2D eigenvalue weighted by Crippen LogP contribution is 2.27. The first-order valence-corrected chi connectivity index (χ1v) is 9.66. The van der Waals surface area contributed by atoms with Crippen LogP contribution in [0.5, 0.6) is 0 Å². The van der Waals surface area contributed by atoms with Gasteiger partial charge in [-0.25, -0.2) is 4.79 Å². The zero-order valence-electron chi connectivity index (χ0n) is 16.7. The Balaban J connectivity index is 1.56. The van der Waals surface area contributed by atoms with Crippen LogP contribution >= 0.6 is 0 Å². The molecule has 0 radical (unpaired) electrons. The van der Waals surface area contributed by atoms with Crippen molar-refractivity contribution < 1.29 is 23.5 Å². The number of esters is 1. The minimum atomic E-state index is -0.676. The number of hydrogen-bond acceptors (Lipinski definition) is 5. The van der Waals surface area contributed by atoms with Crippen LogP contribution in [0.1, 0.15) is 34.2 Å². The molecule has 0 aliphatic carbocycles. The summed E-state index contributed by atoms with van der Waals surface area (Å²) in [6, 6.07) is 15.3. The third-order valence-corrected chi connectivity index (χ3v) is 4.65. The van der Waals surface area contributed by atoms with Gasteiger partial charge in [0.25, 0.3) is 5.91 Å². The molecule has 1 heterocycles. The van der Waals surface area contributed by atoms with Crippen molar-refractivity contribution in [3.63, 3.8) is 0 Å². The molecule has 1 N–H and O–H groups in total. The van der Waals surface area contributed by atoms with Crippen LogP contribution in [0.3, 0.4) is 0 Å². The number of carbonyl (C=O) groups is 2. The zero-order chi connectivity index (χ0) is 20.6. The lowest BCUT2D eigenvalue weighted by Gasteiger charge is -2.08. The molecule has 0 atom stereocenters. The molecule has 3 aromatic rings. The molecule has 0 aliphatic rings. The van der Waals surface area contributed by atoms with E-state index in [9.17, 15) is 9.59 Å². The van der Waals surface area contributed by atoms with Crippen molar-refractivity contribution in [1.82, 2.24) is 5.32 Å². The maximum absolute atomic E-state index is 12.5. The van der Waals surface area contributed by atoms with Crippen molar-refractivity contribution in [2.45, 2.75) is 26.9 Å². The van der Waals surface area contributed by atoms with Crippen LogP contribution in [-0.2, 0) is 27.3 Å². The van der Waals surface area contributed by atoms with Crippen LogP contribution < -0.4 is 5.32 Å². The molecule has 0 bridgehead atoms.